The van der Waals surface area contributed by atoms with Crippen molar-refractivity contribution in [2.24, 2.45) is 0 Å². The predicted molar refractivity (Wildman–Crippen MR) is 86.4 cm³/mol. The largest absolute Gasteiger partial charge is 0.478 e. The average molecular weight is 337 g/mol. The van der Waals surface area contributed by atoms with E-state index in [1.807, 2.05) is 6.92 Å². The number of carboxylic acid groups (broad SMARTS) is 1. The Kier molecular flexibility index (Phi) is 4.79. The summed E-state index contributed by atoms with van der Waals surface area (Å²) in [4.78, 5) is 11.5. The van der Waals surface area contributed by atoms with Gasteiger partial charge in [0.1, 0.15) is 5.76 Å². The van der Waals surface area contributed by atoms with Crippen LogP contribution in [0.2, 0.25) is 0 Å². The summed E-state index contributed by atoms with van der Waals surface area (Å²) in [6, 6.07) is 7.64. The van der Waals surface area contributed by atoms with Crippen molar-refractivity contribution in [2.75, 3.05) is 10.8 Å². The van der Waals surface area contributed by atoms with Crippen LogP contribution in [0.15, 0.2) is 39.8 Å². The van der Waals surface area contributed by atoms with Gasteiger partial charge in [-0.25, -0.2) is 4.79 Å². The van der Waals surface area contributed by atoms with E-state index < -0.39 is 16.0 Å². The van der Waals surface area contributed by atoms with Crippen LogP contribution < -0.4 is 4.31 Å². The lowest BCUT2D eigenvalue weighted by atomic mass is 10.1. The molecule has 0 bridgehead atoms. The van der Waals surface area contributed by atoms with E-state index in [0.29, 0.717) is 12.2 Å². The Morgan fingerprint density at radius 2 is 1.91 bits per heavy atom. The van der Waals surface area contributed by atoms with E-state index in [0.717, 1.165) is 9.87 Å². The second-order valence-electron chi connectivity index (χ2n) is 5.07. The van der Waals surface area contributed by atoms with Crippen molar-refractivity contribution in [1.29, 1.82) is 0 Å². The SMILES string of the molecule is CCc1ccc(S(=O)(=O)N(CC)c2ccc(C)cc2C(=O)O)o1. The van der Waals surface area contributed by atoms with Crippen molar-refractivity contribution < 1.29 is 22.7 Å². The zero-order valence-corrected chi connectivity index (χ0v) is 14.1. The van der Waals surface area contributed by atoms with E-state index in [2.05, 4.69) is 0 Å². The predicted octanol–water partition coefficient (Wildman–Crippen LogP) is 3.06. The quantitative estimate of drug-likeness (QED) is 0.875. The average Bonchev–Trinajstić information content (AvgIpc) is 2.98. The number of carbonyl (C=O) groups is 1. The van der Waals surface area contributed by atoms with Crippen molar-refractivity contribution >= 4 is 21.7 Å². The molecule has 23 heavy (non-hydrogen) atoms. The molecule has 0 amide bonds. The topological polar surface area (TPSA) is 87.8 Å². The summed E-state index contributed by atoms with van der Waals surface area (Å²) in [5, 5.41) is 9.18. The minimum atomic E-state index is -3.96. The number of hydrogen-bond donors (Lipinski definition) is 1. The Bertz CT molecular complexity index is 823. The van der Waals surface area contributed by atoms with E-state index in [-0.39, 0.29) is 22.9 Å². The summed E-state index contributed by atoms with van der Waals surface area (Å²) >= 11 is 0. The summed E-state index contributed by atoms with van der Waals surface area (Å²) in [6.45, 7) is 5.34. The Morgan fingerprint density at radius 3 is 2.43 bits per heavy atom. The summed E-state index contributed by atoms with van der Waals surface area (Å²) < 4.78 is 32.0. The van der Waals surface area contributed by atoms with Gasteiger partial charge in [-0.3, -0.25) is 4.31 Å². The standard InChI is InChI=1S/C16H19NO5S/c1-4-12-7-9-15(22-12)23(20,21)17(5-2)14-8-6-11(3)10-13(14)16(18)19/h6-10H,4-5H2,1-3H3,(H,18,19). The molecule has 1 aromatic carbocycles. The molecular weight excluding hydrogens is 318 g/mol. The molecule has 0 aliphatic heterocycles. The molecule has 0 atom stereocenters. The Morgan fingerprint density at radius 1 is 1.22 bits per heavy atom. The molecular formula is C16H19NO5S. The van der Waals surface area contributed by atoms with Crippen molar-refractivity contribution in [3.8, 4) is 0 Å². The van der Waals surface area contributed by atoms with Gasteiger partial charge in [0, 0.05) is 13.0 Å². The second-order valence-corrected chi connectivity index (χ2v) is 6.86. The maximum absolute atomic E-state index is 12.8. The summed E-state index contributed by atoms with van der Waals surface area (Å²) in [7, 11) is -3.96. The fourth-order valence-electron chi connectivity index (χ4n) is 2.30. The monoisotopic (exact) mass is 337 g/mol. The molecule has 1 aromatic heterocycles. The minimum absolute atomic E-state index is 0.0577. The fourth-order valence-corrected chi connectivity index (χ4v) is 3.73. The number of hydrogen-bond acceptors (Lipinski definition) is 4. The maximum atomic E-state index is 12.8. The highest BCUT2D eigenvalue weighted by atomic mass is 32.2. The zero-order chi connectivity index (χ0) is 17.2. The van der Waals surface area contributed by atoms with Crippen LogP contribution in [0.4, 0.5) is 5.69 Å². The molecule has 1 heterocycles. The molecule has 0 saturated heterocycles. The molecule has 0 saturated carbocycles. The Hall–Kier alpha value is -2.28. The molecule has 0 spiro atoms. The number of anilines is 1. The maximum Gasteiger partial charge on any atom is 0.337 e. The van der Waals surface area contributed by atoms with Crippen LogP contribution in [0, 0.1) is 6.92 Å². The second kappa shape index (κ2) is 6.45. The van der Waals surface area contributed by atoms with Crippen molar-refractivity contribution in [1.82, 2.24) is 0 Å². The van der Waals surface area contributed by atoms with Gasteiger partial charge in [0.25, 0.3) is 10.0 Å². The third-order valence-corrected chi connectivity index (χ3v) is 5.23. The molecule has 0 radical (unpaired) electrons. The number of aryl methyl sites for hydroxylation is 2. The van der Waals surface area contributed by atoms with Gasteiger partial charge >= 0.3 is 5.97 Å². The number of furan rings is 1. The summed E-state index contributed by atoms with van der Waals surface area (Å²) in [6.07, 6.45) is 0.576. The highest BCUT2D eigenvalue weighted by molar-refractivity contribution is 7.92. The lowest BCUT2D eigenvalue weighted by Crippen LogP contribution is -2.32. The minimum Gasteiger partial charge on any atom is -0.478 e. The van der Waals surface area contributed by atoms with E-state index in [1.165, 1.54) is 18.2 Å². The van der Waals surface area contributed by atoms with Crippen molar-refractivity contribution in [3.05, 3.63) is 47.2 Å². The van der Waals surface area contributed by atoms with Gasteiger partial charge in [0.15, 0.2) is 0 Å². The molecule has 2 rings (SSSR count). The molecule has 0 aliphatic rings. The lowest BCUT2D eigenvalue weighted by molar-refractivity contribution is 0.0697. The van der Waals surface area contributed by atoms with Crippen LogP contribution in [0.1, 0.15) is 35.5 Å². The molecule has 124 valence electrons. The van der Waals surface area contributed by atoms with Gasteiger partial charge in [-0.2, -0.15) is 8.42 Å². The summed E-state index contributed by atoms with van der Waals surface area (Å²) in [5.41, 5.74) is 0.809. The Balaban J connectivity index is 2.57. The number of carboxylic acids is 1. The first-order valence-corrected chi connectivity index (χ1v) is 8.70. The number of sulfonamides is 1. The lowest BCUT2D eigenvalue weighted by Gasteiger charge is -2.23. The van der Waals surface area contributed by atoms with E-state index in [4.69, 9.17) is 4.42 Å². The molecule has 0 unspecified atom stereocenters. The number of rotatable bonds is 6. The molecule has 0 fully saturated rings. The van der Waals surface area contributed by atoms with E-state index in [9.17, 15) is 18.3 Å². The number of aromatic carboxylic acids is 1. The molecule has 7 heteroatoms. The van der Waals surface area contributed by atoms with Crippen molar-refractivity contribution in [2.45, 2.75) is 32.3 Å². The van der Waals surface area contributed by atoms with E-state index in [1.54, 1.807) is 26.0 Å². The van der Waals surface area contributed by atoms with Gasteiger partial charge in [-0.05, 0) is 38.1 Å². The van der Waals surface area contributed by atoms with Crippen LogP contribution in [0.5, 0.6) is 0 Å². The first-order chi connectivity index (χ1) is 10.8. The van der Waals surface area contributed by atoms with Crippen LogP contribution in [-0.4, -0.2) is 26.0 Å². The normalized spacial score (nSPS) is 11.4. The van der Waals surface area contributed by atoms with Crippen molar-refractivity contribution in [3.63, 3.8) is 0 Å². The third kappa shape index (κ3) is 3.24. The molecule has 1 N–H and O–H groups in total. The molecule has 2 aromatic rings. The van der Waals surface area contributed by atoms with Gasteiger partial charge in [0.2, 0.25) is 5.09 Å². The van der Waals surface area contributed by atoms with Gasteiger partial charge in [0.05, 0.1) is 11.3 Å². The highest BCUT2D eigenvalue weighted by Crippen LogP contribution is 2.29. The van der Waals surface area contributed by atoms with Crippen LogP contribution >= 0.6 is 0 Å². The van der Waals surface area contributed by atoms with Gasteiger partial charge < -0.3 is 9.52 Å². The fraction of sp³-hybridized carbons (Fsp3) is 0.312. The molecule has 6 nitrogen and oxygen atoms in total. The zero-order valence-electron chi connectivity index (χ0n) is 13.2. The first kappa shape index (κ1) is 17.1. The van der Waals surface area contributed by atoms with Gasteiger partial charge in [-0.15, -0.1) is 0 Å². The van der Waals surface area contributed by atoms with Crippen LogP contribution in [0.3, 0.4) is 0 Å². The van der Waals surface area contributed by atoms with E-state index >= 15 is 0 Å². The smallest absolute Gasteiger partial charge is 0.337 e. The number of nitrogens with zero attached hydrogens (tertiary/aromatic N) is 1. The van der Waals surface area contributed by atoms with Crippen LogP contribution in [0.25, 0.3) is 0 Å². The Labute approximate surface area is 135 Å². The third-order valence-electron chi connectivity index (χ3n) is 3.47. The number of benzene rings is 1. The highest BCUT2D eigenvalue weighted by Gasteiger charge is 2.29. The molecule has 0 aliphatic carbocycles. The van der Waals surface area contributed by atoms with Gasteiger partial charge in [-0.1, -0.05) is 18.6 Å². The summed E-state index contributed by atoms with van der Waals surface area (Å²) in [5.74, 6) is -0.618. The van der Waals surface area contributed by atoms with Crippen LogP contribution in [-0.2, 0) is 16.4 Å². The first-order valence-electron chi connectivity index (χ1n) is 7.26.